The summed E-state index contributed by atoms with van der Waals surface area (Å²) in [5.41, 5.74) is 1.40. The van der Waals surface area contributed by atoms with E-state index in [2.05, 4.69) is 15.9 Å². The number of rotatable bonds is 4. The highest BCUT2D eigenvalue weighted by Crippen LogP contribution is 2.34. The minimum Gasteiger partial charge on any atom is -0.496 e. The molecule has 20 heavy (non-hydrogen) atoms. The van der Waals surface area contributed by atoms with Crippen molar-refractivity contribution < 1.29 is 13.5 Å². The number of methoxy groups -OCH3 is 1. The number of aryl methyl sites for hydroxylation is 1. The highest BCUT2D eigenvalue weighted by atomic mass is 79.9. The van der Waals surface area contributed by atoms with Crippen LogP contribution < -0.4 is 4.74 Å². The number of ether oxygens (including phenoxy) is 1. The first-order valence-corrected chi connectivity index (χ1v) is 7.16. The van der Waals surface area contributed by atoms with Crippen molar-refractivity contribution in [2.75, 3.05) is 7.11 Å². The first-order valence-electron chi connectivity index (χ1n) is 6.25. The predicted molar refractivity (Wildman–Crippen MR) is 79.5 cm³/mol. The Hall–Kier alpha value is -1.42. The van der Waals surface area contributed by atoms with Gasteiger partial charge in [0, 0.05) is 10.4 Å². The second-order valence-electron chi connectivity index (χ2n) is 4.58. The molecule has 0 aromatic heterocycles. The number of para-hydroxylation sites is 1. The molecule has 0 fully saturated rings. The zero-order valence-electron chi connectivity index (χ0n) is 11.3. The zero-order chi connectivity index (χ0) is 14.7. The van der Waals surface area contributed by atoms with Crippen molar-refractivity contribution in [1.29, 1.82) is 0 Å². The van der Waals surface area contributed by atoms with Gasteiger partial charge in [0.25, 0.3) is 0 Å². The van der Waals surface area contributed by atoms with Gasteiger partial charge >= 0.3 is 0 Å². The third-order valence-corrected chi connectivity index (χ3v) is 4.01. The van der Waals surface area contributed by atoms with Gasteiger partial charge in [0.1, 0.15) is 17.4 Å². The molecule has 2 aromatic rings. The average Bonchev–Trinajstić information content (AvgIpc) is 2.44. The molecule has 0 radical (unpaired) electrons. The molecule has 0 aliphatic carbocycles. The normalized spacial score (nSPS) is 12.2. The number of hydrogen-bond donors (Lipinski definition) is 0. The summed E-state index contributed by atoms with van der Waals surface area (Å²) in [6.45, 7) is 1.63. The second kappa shape index (κ2) is 6.35. The Morgan fingerprint density at radius 2 is 1.85 bits per heavy atom. The molecule has 2 aromatic carbocycles. The molecule has 0 amide bonds. The summed E-state index contributed by atoms with van der Waals surface area (Å²) >= 11 is 3.39. The van der Waals surface area contributed by atoms with E-state index in [1.165, 1.54) is 12.1 Å². The van der Waals surface area contributed by atoms with E-state index in [9.17, 15) is 8.78 Å². The van der Waals surface area contributed by atoms with Crippen molar-refractivity contribution in [3.63, 3.8) is 0 Å². The van der Waals surface area contributed by atoms with Crippen LogP contribution in [0.4, 0.5) is 8.78 Å². The topological polar surface area (TPSA) is 9.23 Å². The molecule has 1 nitrogen and oxygen atoms in total. The zero-order valence-corrected chi connectivity index (χ0v) is 12.9. The fourth-order valence-corrected chi connectivity index (χ4v) is 2.90. The quantitative estimate of drug-likeness (QED) is 0.714. The van der Waals surface area contributed by atoms with E-state index < -0.39 is 16.5 Å². The SMILES string of the molecule is COc1ccccc1CC(Br)c1c(F)ccc(C)c1F. The van der Waals surface area contributed by atoms with E-state index in [1.807, 2.05) is 24.3 Å². The van der Waals surface area contributed by atoms with Gasteiger partial charge in [0.05, 0.1) is 7.11 Å². The van der Waals surface area contributed by atoms with E-state index in [0.29, 0.717) is 17.7 Å². The Bertz CT molecular complexity index is 613. The Morgan fingerprint density at radius 1 is 1.15 bits per heavy atom. The van der Waals surface area contributed by atoms with Crippen LogP contribution in [0.15, 0.2) is 36.4 Å². The molecule has 2 rings (SSSR count). The maximum absolute atomic E-state index is 14.1. The predicted octanol–water partition coefficient (Wildman–Crippen LogP) is 4.96. The average molecular weight is 341 g/mol. The first kappa shape index (κ1) is 15.0. The Labute approximate surface area is 125 Å². The monoisotopic (exact) mass is 340 g/mol. The minimum absolute atomic E-state index is 0.0657. The van der Waals surface area contributed by atoms with Crippen LogP contribution in [-0.2, 0) is 6.42 Å². The molecule has 0 saturated carbocycles. The lowest BCUT2D eigenvalue weighted by Gasteiger charge is -2.15. The molecular formula is C16H15BrF2O. The van der Waals surface area contributed by atoms with Gasteiger partial charge in [0.2, 0.25) is 0 Å². The van der Waals surface area contributed by atoms with Crippen LogP contribution in [0.5, 0.6) is 5.75 Å². The fraction of sp³-hybridized carbons (Fsp3) is 0.250. The largest absolute Gasteiger partial charge is 0.496 e. The molecule has 0 saturated heterocycles. The number of benzene rings is 2. The third kappa shape index (κ3) is 3.01. The van der Waals surface area contributed by atoms with Crippen LogP contribution in [0.1, 0.15) is 21.5 Å². The maximum Gasteiger partial charge on any atom is 0.133 e. The Morgan fingerprint density at radius 3 is 2.55 bits per heavy atom. The fourth-order valence-electron chi connectivity index (χ4n) is 2.13. The van der Waals surface area contributed by atoms with Gasteiger partial charge in [0.15, 0.2) is 0 Å². The van der Waals surface area contributed by atoms with Crippen molar-refractivity contribution in [3.8, 4) is 5.75 Å². The van der Waals surface area contributed by atoms with Gasteiger partial charge in [-0.05, 0) is 36.6 Å². The Kier molecular flexibility index (Phi) is 4.76. The van der Waals surface area contributed by atoms with Crippen LogP contribution in [-0.4, -0.2) is 7.11 Å². The molecular weight excluding hydrogens is 326 g/mol. The summed E-state index contributed by atoms with van der Waals surface area (Å²) in [6.07, 6.45) is 0.446. The van der Waals surface area contributed by atoms with E-state index >= 15 is 0 Å². The van der Waals surface area contributed by atoms with E-state index in [1.54, 1.807) is 14.0 Å². The van der Waals surface area contributed by atoms with Gasteiger partial charge < -0.3 is 4.74 Å². The number of halogens is 3. The van der Waals surface area contributed by atoms with Gasteiger partial charge in [-0.1, -0.05) is 40.2 Å². The minimum atomic E-state index is -0.537. The molecule has 4 heteroatoms. The van der Waals surface area contributed by atoms with E-state index in [0.717, 1.165) is 5.56 Å². The smallest absolute Gasteiger partial charge is 0.133 e. The van der Waals surface area contributed by atoms with Gasteiger partial charge in [-0.2, -0.15) is 0 Å². The van der Waals surface area contributed by atoms with Crippen molar-refractivity contribution >= 4 is 15.9 Å². The molecule has 0 bridgehead atoms. The summed E-state index contributed by atoms with van der Waals surface area (Å²) in [5.74, 6) is -0.322. The van der Waals surface area contributed by atoms with Crippen LogP contribution in [0.3, 0.4) is 0 Å². The summed E-state index contributed by atoms with van der Waals surface area (Å²) in [5, 5.41) is 0. The van der Waals surface area contributed by atoms with E-state index in [-0.39, 0.29) is 5.56 Å². The van der Waals surface area contributed by atoms with Crippen LogP contribution in [0, 0.1) is 18.6 Å². The lowest BCUT2D eigenvalue weighted by atomic mass is 10.0. The van der Waals surface area contributed by atoms with Crippen molar-refractivity contribution in [1.82, 2.24) is 0 Å². The van der Waals surface area contributed by atoms with Crippen LogP contribution >= 0.6 is 15.9 Å². The summed E-state index contributed by atoms with van der Waals surface area (Å²) < 4.78 is 33.2. The van der Waals surface area contributed by atoms with Crippen LogP contribution in [0.25, 0.3) is 0 Å². The summed E-state index contributed by atoms with van der Waals surface area (Å²) in [6, 6.07) is 10.2. The van der Waals surface area contributed by atoms with Crippen molar-refractivity contribution in [2.45, 2.75) is 18.2 Å². The Balaban J connectivity index is 2.33. The number of hydrogen-bond acceptors (Lipinski definition) is 1. The third-order valence-electron chi connectivity index (χ3n) is 3.22. The first-order chi connectivity index (χ1) is 9.54. The maximum atomic E-state index is 14.1. The molecule has 1 atom stereocenters. The van der Waals surface area contributed by atoms with Gasteiger partial charge in [-0.15, -0.1) is 0 Å². The standard InChI is InChI=1S/C16H15BrF2O/c1-10-7-8-13(18)15(16(10)19)12(17)9-11-5-3-4-6-14(11)20-2/h3-8,12H,9H2,1-2H3. The van der Waals surface area contributed by atoms with Crippen molar-refractivity contribution in [3.05, 3.63) is 64.7 Å². The molecule has 0 aliphatic rings. The molecule has 0 N–H and O–H groups in total. The molecule has 1 unspecified atom stereocenters. The van der Waals surface area contributed by atoms with Crippen molar-refractivity contribution in [2.24, 2.45) is 0 Å². The molecule has 0 heterocycles. The second-order valence-corrected chi connectivity index (χ2v) is 5.68. The van der Waals surface area contributed by atoms with E-state index in [4.69, 9.17) is 4.74 Å². The lowest BCUT2D eigenvalue weighted by Crippen LogP contribution is -2.04. The summed E-state index contributed by atoms with van der Waals surface area (Å²) in [4.78, 5) is -0.446. The lowest BCUT2D eigenvalue weighted by molar-refractivity contribution is 0.409. The highest BCUT2D eigenvalue weighted by molar-refractivity contribution is 9.09. The molecule has 106 valence electrons. The summed E-state index contributed by atoms with van der Waals surface area (Å²) in [7, 11) is 1.58. The highest BCUT2D eigenvalue weighted by Gasteiger charge is 2.20. The number of alkyl halides is 1. The van der Waals surface area contributed by atoms with Gasteiger partial charge in [-0.25, -0.2) is 8.78 Å². The van der Waals surface area contributed by atoms with Gasteiger partial charge in [-0.3, -0.25) is 0 Å². The molecule has 0 aliphatic heterocycles. The van der Waals surface area contributed by atoms with Crippen LogP contribution in [0.2, 0.25) is 0 Å². The molecule has 0 spiro atoms.